The smallest absolute Gasteiger partial charge is 0.321 e. The molecule has 25 heavy (non-hydrogen) atoms. The van der Waals surface area contributed by atoms with E-state index < -0.39 is 31.1 Å². The number of aryl methyl sites for hydroxylation is 1. The predicted molar refractivity (Wildman–Crippen MR) is 80.2 cm³/mol. The molecule has 3 rings (SSSR count). The fourth-order valence-electron chi connectivity index (χ4n) is 2.44. The van der Waals surface area contributed by atoms with E-state index in [9.17, 15) is 22.0 Å². The fourth-order valence-corrected chi connectivity index (χ4v) is 2.44. The molecule has 0 atom stereocenters. The monoisotopic (exact) mass is 361 g/mol. The van der Waals surface area contributed by atoms with Crippen LogP contribution in [-0.2, 0) is 6.18 Å². The minimum Gasteiger partial charge on any atom is -0.321 e. The molecule has 0 aromatic carbocycles. The topological polar surface area (TPSA) is 55.6 Å². The van der Waals surface area contributed by atoms with E-state index >= 15 is 0 Å². The highest BCUT2D eigenvalue weighted by molar-refractivity contribution is 5.55. The van der Waals surface area contributed by atoms with Gasteiger partial charge in [0.2, 0.25) is 5.95 Å². The summed E-state index contributed by atoms with van der Waals surface area (Å²) in [7, 11) is 0. The lowest BCUT2D eigenvalue weighted by Gasteiger charge is -2.12. The molecule has 0 bridgehead atoms. The summed E-state index contributed by atoms with van der Waals surface area (Å²) in [4.78, 5) is 7.72. The summed E-state index contributed by atoms with van der Waals surface area (Å²) in [5.41, 5.74) is -0.0416. The maximum absolute atomic E-state index is 13.0. The van der Waals surface area contributed by atoms with E-state index in [1.807, 2.05) is 0 Å². The molecular weight excluding hydrogens is 345 g/mol. The third-order valence-corrected chi connectivity index (χ3v) is 3.98. The van der Waals surface area contributed by atoms with E-state index in [0.29, 0.717) is 24.2 Å². The third kappa shape index (κ3) is 3.72. The summed E-state index contributed by atoms with van der Waals surface area (Å²) in [5, 5.41) is 6.79. The van der Waals surface area contributed by atoms with Gasteiger partial charge in [-0.15, -0.1) is 0 Å². The molecule has 1 aliphatic carbocycles. The molecule has 10 heteroatoms. The molecule has 0 amide bonds. The largest absolute Gasteiger partial charge is 0.419 e. The Morgan fingerprint density at radius 2 is 1.96 bits per heavy atom. The number of aromatic nitrogens is 4. The molecule has 2 heterocycles. The van der Waals surface area contributed by atoms with Crippen molar-refractivity contribution in [1.29, 1.82) is 0 Å². The van der Waals surface area contributed by atoms with E-state index in [2.05, 4.69) is 20.4 Å². The number of anilines is 2. The summed E-state index contributed by atoms with van der Waals surface area (Å²) in [6, 6.07) is -1.04. The van der Waals surface area contributed by atoms with E-state index in [4.69, 9.17) is 0 Å². The van der Waals surface area contributed by atoms with E-state index in [1.165, 1.54) is 6.20 Å². The highest BCUT2D eigenvalue weighted by atomic mass is 19.4. The van der Waals surface area contributed by atoms with Crippen LogP contribution >= 0.6 is 0 Å². The van der Waals surface area contributed by atoms with Crippen molar-refractivity contribution < 1.29 is 22.0 Å². The average Bonchev–Trinajstić information content (AvgIpc) is 3.33. The zero-order valence-corrected chi connectivity index (χ0v) is 13.3. The summed E-state index contributed by atoms with van der Waals surface area (Å²) in [6.07, 6.45) is -1.05. The van der Waals surface area contributed by atoms with E-state index in [0.717, 1.165) is 10.9 Å². The molecular formula is C15H16F5N5. The first-order chi connectivity index (χ1) is 11.8. The van der Waals surface area contributed by atoms with Crippen LogP contribution in [0.25, 0.3) is 0 Å². The second kappa shape index (κ2) is 6.57. The standard InChI is InChI=1S/C15H16F5N5/c1-8-12(7-25(24-8)10(4-16)5-17)22-14-21-6-11(15(18,19)20)13(23-14)9-2-3-9/h6-7,9-10H,2-5H2,1H3,(H,21,22,23). The summed E-state index contributed by atoms with van der Waals surface area (Å²) < 4.78 is 65.8. The second-order valence-corrected chi connectivity index (χ2v) is 5.96. The fraction of sp³-hybridized carbons (Fsp3) is 0.533. The summed E-state index contributed by atoms with van der Waals surface area (Å²) in [5.74, 6) is -0.221. The molecule has 1 saturated carbocycles. The number of hydrogen-bond acceptors (Lipinski definition) is 4. The van der Waals surface area contributed by atoms with Gasteiger partial charge >= 0.3 is 6.18 Å². The third-order valence-electron chi connectivity index (χ3n) is 3.98. The quantitative estimate of drug-likeness (QED) is 0.787. The molecule has 1 aliphatic rings. The molecule has 0 radical (unpaired) electrons. The minimum absolute atomic E-state index is 0.00500. The van der Waals surface area contributed by atoms with E-state index in [-0.39, 0.29) is 17.6 Å². The van der Waals surface area contributed by atoms with Crippen molar-refractivity contribution in [2.75, 3.05) is 18.7 Å². The SMILES string of the molecule is Cc1nn(C(CF)CF)cc1Nc1ncc(C(F)(F)F)c(C2CC2)n1. The van der Waals surface area contributed by atoms with Crippen LogP contribution in [0.2, 0.25) is 0 Å². The van der Waals surface area contributed by atoms with Crippen molar-refractivity contribution in [3.63, 3.8) is 0 Å². The van der Waals surface area contributed by atoms with Crippen LogP contribution in [0.15, 0.2) is 12.4 Å². The number of nitrogens with one attached hydrogen (secondary N) is 1. The molecule has 0 unspecified atom stereocenters. The van der Waals surface area contributed by atoms with Crippen molar-refractivity contribution in [2.45, 2.75) is 37.9 Å². The van der Waals surface area contributed by atoms with Gasteiger partial charge in [0.1, 0.15) is 19.4 Å². The van der Waals surface area contributed by atoms with Crippen LogP contribution in [0.5, 0.6) is 0 Å². The van der Waals surface area contributed by atoms with Gasteiger partial charge in [-0.05, 0) is 19.8 Å². The van der Waals surface area contributed by atoms with E-state index in [1.54, 1.807) is 6.92 Å². The zero-order valence-electron chi connectivity index (χ0n) is 13.3. The first kappa shape index (κ1) is 17.6. The predicted octanol–water partition coefficient (Wildman–Crippen LogP) is 4.10. The van der Waals surface area contributed by atoms with Gasteiger partial charge in [-0.1, -0.05) is 0 Å². The van der Waals surface area contributed by atoms with Gasteiger partial charge in [0.25, 0.3) is 0 Å². The normalized spacial score (nSPS) is 15.0. The Hall–Kier alpha value is -2.26. The van der Waals surface area contributed by atoms with Crippen LogP contribution in [0.3, 0.4) is 0 Å². The minimum atomic E-state index is -4.51. The zero-order chi connectivity index (χ0) is 18.2. The van der Waals surface area contributed by atoms with Gasteiger partial charge in [0.15, 0.2) is 0 Å². The number of alkyl halides is 5. The van der Waals surface area contributed by atoms with Gasteiger partial charge in [-0.2, -0.15) is 18.3 Å². The molecule has 0 saturated heterocycles. The maximum Gasteiger partial charge on any atom is 0.419 e. The Morgan fingerprint density at radius 1 is 1.28 bits per heavy atom. The molecule has 136 valence electrons. The van der Waals surface area contributed by atoms with Crippen LogP contribution < -0.4 is 5.32 Å². The van der Waals surface area contributed by atoms with Gasteiger partial charge < -0.3 is 5.32 Å². The van der Waals surface area contributed by atoms with Crippen molar-refractivity contribution in [1.82, 2.24) is 19.7 Å². The Kier molecular flexibility index (Phi) is 4.61. The van der Waals surface area contributed by atoms with Gasteiger partial charge in [-0.25, -0.2) is 18.7 Å². The number of hydrogen-bond donors (Lipinski definition) is 1. The van der Waals surface area contributed by atoms with Crippen molar-refractivity contribution in [3.8, 4) is 0 Å². The molecule has 1 fully saturated rings. The Morgan fingerprint density at radius 3 is 2.52 bits per heavy atom. The Labute approximate surface area is 140 Å². The summed E-state index contributed by atoms with van der Waals surface area (Å²) in [6.45, 7) is -0.225. The lowest BCUT2D eigenvalue weighted by atomic mass is 10.1. The highest BCUT2D eigenvalue weighted by Gasteiger charge is 2.40. The molecule has 0 aliphatic heterocycles. The van der Waals surface area contributed by atoms with Gasteiger partial charge in [0, 0.05) is 18.3 Å². The van der Waals surface area contributed by atoms with Crippen LogP contribution in [0.1, 0.15) is 41.8 Å². The summed E-state index contributed by atoms with van der Waals surface area (Å²) >= 11 is 0. The molecule has 2 aromatic heterocycles. The average molecular weight is 361 g/mol. The van der Waals surface area contributed by atoms with Crippen molar-refractivity contribution in [2.24, 2.45) is 0 Å². The maximum atomic E-state index is 13.0. The van der Waals surface area contributed by atoms with Crippen molar-refractivity contribution in [3.05, 3.63) is 29.3 Å². The van der Waals surface area contributed by atoms with Crippen LogP contribution in [0, 0.1) is 6.92 Å². The number of rotatable bonds is 6. The molecule has 1 N–H and O–H groups in total. The lowest BCUT2D eigenvalue weighted by Crippen LogP contribution is -2.13. The molecule has 5 nitrogen and oxygen atoms in total. The Balaban J connectivity index is 1.87. The van der Waals surface area contributed by atoms with Crippen molar-refractivity contribution >= 4 is 11.6 Å². The molecule has 0 spiro atoms. The van der Waals surface area contributed by atoms with Gasteiger partial charge in [-0.3, -0.25) is 4.68 Å². The lowest BCUT2D eigenvalue weighted by molar-refractivity contribution is -0.138. The van der Waals surface area contributed by atoms with Crippen LogP contribution in [-0.4, -0.2) is 33.1 Å². The number of halogens is 5. The molecule has 2 aromatic rings. The number of nitrogens with zero attached hydrogens (tertiary/aromatic N) is 4. The highest BCUT2D eigenvalue weighted by Crippen LogP contribution is 2.45. The van der Waals surface area contributed by atoms with Gasteiger partial charge in [0.05, 0.1) is 22.6 Å². The first-order valence-corrected chi connectivity index (χ1v) is 7.72. The van der Waals surface area contributed by atoms with Crippen LogP contribution in [0.4, 0.5) is 33.6 Å². The second-order valence-electron chi connectivity index (χ2n) is 5.96. The first-order valence-electron chi connectivity index (χ1n) is 7.72. The Bertz CT molecular complexity index is 749.